The molecule has 1 atom stereocenters. The number of carbonyl (C=O) groups excluding carboxylic acids is 3. The second-order valence-corrected chi connectivity index (χ2v) is 8.55. The Hall–Kier alpha value is -3.88. The van der Waals surface area contributed by atoms with Gasteiger partial charge >= 0.3 is 6.03 Å². The number of carbonyl (C=O) groups is 3. The molecule has 1 fully saturated rings. The number of nitrogens with zero attached hydrogens (tertiary/aromatic N) is 2. The van der Waals surface area contributed by atoms with Crippen LogP contribution in [0.15, 0.2) is 42.5 Å². The molecule has 3 aromatic rings. The molecule has 1 unspecified atom stereocenters. The summed E-state index contributed by atoms with van der Waals surface area (Å²) < 4.78 is 42.9. The maximum absolute atomic E-state index is 14.1. The Morgan fingerprint density at radius 2 is 1.65 bits per heavy atom. The van der Waals surface area contributed by atoms with Crippen LogP contribution >= 0.6 is 0 Å². The predicted octanol–water partition coefficient (Wildman–Crippen LogP) is 4.47. The summed E-state index contributed by atoms with van der Waals surface area (Å²) in [5.41, 5.74) is 0.916. The van der Waals surface area contributed by atoms with Crippen molar-refractivity contribution in [2.24, 2.45) is 0 Å². The van der Waals surface area contributed by atoms with Gasteiger partial charge in [0.1, 0.15) is 11.4 Å². The molecular weight excluding hydrogens is 447 g/mol. The minimum absolute atomic E-state index is 0.0549. The van der Waals surface area contributed by atoms with Crippen LogP contribution in [0.2, 0.25) is 0 Å². The fourth-order valence-corrected chi connectivity index (χ4v) is 4.24. The highest BCUT2D eigenvalue weighted by atomic mass is 19.2. The van der Waals surface area contributed by atoms with Gasteiger partial charge in [0.25, 0.3) is 5.91 Å². The van der Waals surface area contributed by atoms with E-state index in [0.29, 0.717) is 22.6 Å². The normalized spacial score (nSPS) is 17.9. The molecule has 0 aliphatic carbocycles. The topological polar surface area (TPSA) is 71.4 Å². The fraction of sp³-hybridized carbons (Fsp3) is 0.240. The van der Waals surface area contributed by atoms with Gasteiger partial charge in [0, 0.05) is 22.6 Å². The summed E-state index contributed by atoms with van der Waals surface area (Å²) in [6.07, 6.45) is 0. The largest absolute Gasteiger partial charge is 0.325 e. The number of benzene rings is 2. The van der Waals surface area contributed by atoms with Crippen LogP contribution in [0.1, 0.15) is 39.8 Å². The van der Waals surface area contributed by atoms with Crippen molar-refractivity contribution in [3.63, 3.8) is 0 Å². The van der Waals surface area contributed by atoms with Gasteiger partial charge in [-0.15, -0.1) is 0 Å². The molecule has 0 radical (unpaired) electrons. The van der Waals surface area contributed by atoms with Crippen LogP contribution in [0.5, 0.6) is 0 Å². The van der Waals surface area contributed by atoms with E-state index in [0.717, 1.165) is 17.0 Å². The summed E-state index contributed by atoms with van der Waals surface area (Å²) in [4.78, 5) is 39.5. The number of Topliss-reactive ketones (excluding diaryl/α,β-unsaturated/α-hetero) is 1. The summed E-state index contributed by atoms with van der Waals surface area (Å²) in [5, 5.41) is 2.47. The van der Waals surface area contributed by atoms with Gasteiger partial charge in [0.15, 0.2) is 17.4 Å². The van der Waals surface area contributed by atoms with Crippen molar-refractivity contribution in [2.75, 3.05) is 6.54 Å². The number of hydrogen-bond donors (Lipinski definition) is 1. The Balaban J connectivity index is 1.62. The molecule has 9 heteroatoms. The first-order chi connectivity index (χ1) is 15.9. The molecule has 176 valence electrons. The lowest BCUT2D eigenvalue weighted by molar-refractivity contribution is -0.130. The fourth-order valence-electron chi connectivity index (χ4n) is 4.24. The second-order valence-electron chi connectivity index (χ2n) is 8.55. The summed E-state index contributed by atoms with van der Waals surface area (Å²) in [6.45, 7) is 5.92. The van der Waals surface area contributed by atoms with Crippen molar-refractivity contribution in [1.82, 2.24) is 14.8 Å². The molecular formula is C25H22F3N3O3. The van der Waals surface area contributed by atoms with Gasteiger partial charge in [0.2, 0.25) is 0 Å². The number of aryl methyl sites for hydroxylation is 2. The van der Waals surface area contributed by atoms with Crippen molar-refractivity contribution < 1.29 is 27.6 Å². The number of rotatable bonds is 5. The average molecular weight is 469 g/mol. The van der Waals surface area contributed by atoms with Crippen LogP contribution in [-0.4, -0.2) is 33.7 Å². The van der Waals surface area contributed by atoms with E-state index in [1.54, 1.807) is 43.5 Å². The van der Waals surface area contributed by atoms with Gasteiger partial charge in [-0.3, -0.25) is 14.5 Å². The maximum Gasteiger partial charge on any atom is 0.325 e. The summed E-state index contributed by atoms with van der Waals surface area (Å²) >= 11 is 0. The highest BCUT2D eigenvalue weighted by molar-refractivity contribution is 6.11. The molecule has 4 rings (SSSR count). The lowest BCUT2D eigenvalue weighted by Crippen LogP contribution is -2.41. The zero-order valence-corrected chi connectivity index (χ0v) is 19.0. The molecule has 0 spiro atoms. The Labute approximate surface area is 194 Å². The molecule has 2 heterocycles. The van der Waals surface area contributed by atoms with E-state index in [-0.39, 0.29) is 16.9 Å². The molecule has 1 saturated heterocycles. The van der Waals surface area contributed by atoms with Crippen molar-refractivity contribution in [1.29, 1.82) is 0 Å². The quantitative estimate of drug-likeness (QED) is 0.443. The van der Waals surface area contributed by atoms with Crippen LogP contribution in [0.3, 0.4) is 0 Å². The number of halogens is 3. The predicted molar refractivity (Wildman–Crippen MR) is 118 cm³/mol. The molecule has 0 bridgehead atoms. The lowest BCUT2D eigenvalue weighted by atomic mass is 9.92. The van der Waals surface area contributed by atoms with Gasteiger partial charge in [-0.05, 0) is 69.2 Å². The van der Waals surface area contributed by atoms with Gasteiger partial charge < -0.3 is 9.88 Å². The summed E-state index contributed by atoms with van der Waals surface area (Å²) in [5.74, 6) is -3.87. The summed E-state index contributed by atoms with van der Waals surface area (Å²) in [7, 11) is 0. The number of amides is 3. The third-order valence-corrected chi connectivity index (χ3v) is 6.22. The average Bonchev–Trinajstić information content (AvgIpc) is 3.19. The lowest BCUT2D eigenvalue weighted by Gasteiger charge is -2.22. The van der Waals surface area contributed by atoms with E-state index in [2.05, 4.69) is 5.32 Å². The molecule has 6 nitrogen and oxygen atoms in total. The third kappa shape index (κ3) is 3.67. The van der Waals surface area contributed by atoms with Gasteiger partial charge in [-0.2, -0.15) is 0 Å². The van der Waals surface area contributed by atoms with E-state index in [9.17, 15) is 27.6 Å². The number of imide groups is 1. The minimum Gasteiger partial charge on any atom is -0.319 e. The first-order valence-electron chi connectivity index (χ1n) is 10.5. The van der Waals surface area contributed by atoms with Crippen LogP contribution in [-0.2, 0) is 10.3 Å². The maximum atomic E-state index is 14.1. The van der Waals surface area contributed by atoms with Crippen molar-refractivity contribution in [3.05, 3.63) is 88.0 Å². The Bertz CT molecular complexity index is 1360. The first-order valence-corrected chi connectivity index (χ1v) is 10.5. The van der Waals surface area contributed by atoms with Crippen LogP contribution in [0.25, 0.3) is 5.69 Å². The number of aromatic nitrogens is 1. The molecule has 1 aromatic heterocycles. The molecule has 1 N–H and O–H groups in total. The van der Waals surface area contributed by atoms with Crippen LogP contribution in [0, 0.1) is 38.2 Å². The molecule has 3 amide bonds. The second kappa shape index (κ2) is 8.16. The monoisotopic (exact) mass is 469 g/mol. The standard InChI is InChI=1S/C25H22F3N3O3/c1-13-5-7-17(11-20(13)27)31-14(2)9-18(15(31)3)22(32)12-30-23(33)25(4,29-24(30)34)16-6-8-19(26)21(28)10-16/h5-11H,12H2,1-4H3,(H,29,34). The smallest absolute Gasteiger partial charge is 0.319 e. The van der Waals surface area contributed by atoms with Crippen molar-refractivity contribution in [3.8, 4) is 5.69 Å². The number of ketones is 1. The first kappa shape index (κ1) is 23.3. The molecule has 0 saturated carbocycles. The zero-order chi connectivity index (χ0) is 24.9. The molecule has 1 aliphatic heterocycles. The van der Waals surface area contributed by atoms with E-state index in [1.807, 2.05) is 0 Å². The van der Waals surface area contributed by atoms with Gasteiger partial charge in [0.05, 0.1) is 6.54 Å². The van der Waals surface area contributed by atoms with Gasteiger partial charge in [-0.1, -0.05) is 12.1 Å². The highest BCUT2D eigenvalue weighted by Crippen LogP contribution is 2.30. The molecule has 2 aromatic carbocycles. The SMILES string of the molecule is Cc1ccc(-n2c(C)cc(C(=O)CN3C(=O)NC(C)(c4ccc(F)c(F)c4)C3=O)c2C)cc1F. The number of nitrogens with one attached hydrogen (secondary N) is 1. The van der Waals surface area contributed by atoms with E-state index >= 15 is 0 Å². The van der Waals surface area contributed by atoms with Crippen LogP contribution in [0.4, 0.5) is 18.0 Å². The molecule has 1 aliphatic rings. The van der Waals surface area contributed by atoms with Crippen molar-refractivity contribution >= 4 is 17.7 Å². The third-order valence-electron chi connectivity index (χ3n) is 6.22. The Morgan fingerprint density at radius 1 is 0.941 bits per heavy atom. The van der Waals surface area contributed by atoms with Crippen LogP contribution < -0.4 is 5.32 Å². The number of hydrogen-bond acceptors (Lipinski definition) is 3. The molecule has 34 heavy (non-hydrogen) atoms. The van der Waals surface area contributed by atoms with E-state index < -0.39 is 41.4 Å². The Morgan fingerprint density at radius 3 is 2.29 bits per heavy atom. The Kier molecular flexibility index (Phi) is 5.59. The van der Waals surface area contributed by atoms with Gasteiger partial charge in [-0.25, -0.2) is 18.0 Å². The highest BCUT2D eigenvalue weighted by Gasteiger charge is 2.49. The zero-order valence-electron chi connectivity index (χ0n) is 19.0. The summed E-state index contributed by atoms with van der Waals surface area (Å²) in [6, 6.07) is 8.45. The van der Waals surface area contributed by atoms with Crippen molar-refractivity contribution in [2.45, 2.75) is 33.2 Å². The minimum atomic E-state index is -1.65. The van der Waals surface area contributed by atoms with E-state index in [4.69, 9.17) is 0 Å². The van der Waals surface area contributed by atoms with E-state index in [1.165, 1.54) is 19.1 Å². The number of urea groups is 1.